The lowest BCUT2D eigenvalue weighted by Gasteiger charge is -2.23. The van der Waals surface area contributed by atoms with Crippen molar-refractivity contribution in [3.05, 3.63) is 29.3 Å². The summed E-state index contributed by atoms with van der Waals surface area (Å²) < 4.78 is 5.83. The van der Waals surface area contributed by atoms with Gasteiger partial charge in [0.15, 0.2) is 0 Å². The summed E-state index contributed by atoms with van der Waals surface area (Å²) in [4.78, 5) is 0. The van der Waals surface area contributed by atoms with E-state index in [1.165, 1.54) is 36.9 Å². The molecule has 0 unspecified atom stereocenters. The van der Waals surface area contributed by atoms with Crippen LogP contribution in [0.5, 0.6) is 5.75 Å². The largest absolute Gasteiger partial charge is 0.494 e. The van der Waals surface area contributed by atoms with Gasteiger partial charge in [-0.25, -0.2) is 0 Å². The number of rotatable bonds is 4. The van der Waals surface area contributed by atoms with Crippen molar-refractivity contribution in [1.29, 1.82) is 0 Å². The maximum Gasteiger partial charge on any atom is 0.119 e. The van der Waals surface area contributed by atoms with Crippen LogP contribution in [0.25, 0.3) is 0 Å². The van der Waals surface area contributed by atoms with Gasteiger partial charge in [-0.05, 0) is 62.9 Å². The fourth-order valence-corrected chi connectivity index (χ4v) is 2.51. The average Bonchev–Trinajstić information content (AvgIpc) is 2.29. The molecular formula is C15H23NO. The van der Waals surface area contributed by atoms with Gasteiger partial charge in [-0.2, -0.15) is 0 Å². The van der Waals surface area contributed by atoms with Crippen LogP contribution in [-0.4, -0.2) is 19.2 Å². The van der Waals surface area contributed by atoms with E-state index in [4.69, 9.17) is 4.74 Å². The normalized spacial score (nSPS) is 20.2. The number of piperidine rings is 1. The molecule has 1 atom stereocenters. The van der Waals surface area contributed by atoms with Crippen LogP contribution in [0, 0.1) is 13.8 Å². The topological polar surface area (TPSA) is 21.3 Å². The molecule has 1 aliphatic rings. The molecule has 1 fully saturated rings. The van der Waals surface area contributed by atoms with Gasteiger partial charge in [0, 0.05) is 6.04 Å². The van der Waals surface area contributed by atoms with E-state index in [2.05, 4.69) is 37.4 Å². The van der Waals surface area contributed by atoms with Crippen LogP contribution in [0.15, 0.2) is 18.2 Å². The van der Waals surface area contributed by atoms with Crippen LogP contribution in [0.3, 0.4) is 0 Å². The molecule has 1 aromatic carbocycles. The molecule has 17 heavy (non-hydrogen) atoms. The first-order chi connectivity index (χ1) is 8.24. The van der Waals surface area contributed by atoms with E-state index < -0.39 is 0 Å². The molecule has 0 spiro atoms. The molecule has 0 aliphatic carbocycles. The molecule has 0 radical (unpaired) electrons. The van der Waals surface area contributed by atoms with Gasteiger partial charge < -0.3 is 10.1 Å². The lowest BCUT2D eigenvalue weighted by atomic mass is 10.0. The highest BCUT2D eigenvalue weighted by molar-refractivity contribution is 5.32. The van der Waals surface area contributed by atoms with Crippen molar-refractivity contribution in [2.45, 2.75) is 45.6 Å². The second-order valence-electron chi connectivity index (χ2n) is 5.11. The van der Waals surface area contributed by atoms with Gasteiger partial charge in [0.2, 0.25) is 0 Å². The lowest BCUT2D eigenvalue weighted by Crippen LogP contribution is -2.35. The standard InChI is InChI=1S/C15H23NO/c1-12-9-13(2)11-15(10-12)17-8-6-14-5-3-4-7-16-14/h9-11,14,16H,3-8H2,1-2H3/t14-/m0/s1. The van der Waals surface area contributed by atoms with Crippen LogP contribution in [0.4, 0.5) is 0 Å². The molecule has 2 nitrogen and oxygen atoms in total. The maximum absolute atomic E-state index is 5.83. The van der Waals surface area contributed by atoms with Crippen LogP contribution < -0.4 is 10.1 Å². The van der Waals surface area contributed by atoms with Crippen molar-refractivity contribution in [3.63, 3.8) is 0 Å². The molecule has 2 heteroatoms. The summed E-state index contributed by atoms with van der Waals surface area (Å²) in [5.74, 6) is 1.01. The van der Waals surface area contributed by atoms with Crippen molar-refractivity contribution in [3.8, 4) is 5.75 Å². The Morgan fingerprint density at radius 3 is 2.59 bits per heavy atom. The Morgan fingerprint density at radius 1 is 1.18 bits per heavy atom. The first-order valence-electron chi connectivity index (χ1n) is 6.68. The molecule has 1 aliphatic heterocycles. The molecular weight excluding hydrogens is 210 g/mol. The summed E-state index contributed by atoms with van der Waals surface area (Å²) in [7, 11) is 0. The summed E-state index contributed by atoms with van der Waals surface area (Å²) >= 11 is 0. The monoisotopic (exact) mass is 233 g/mol. The summed E-state index contributed by atoms with van der Waals surface area (Å²) in [5.41, 5.74) is 2.55. The summed E-state index contributed by atoms with van der Waals surface area (Å²) in [6.07, 6.45) is 5.11. The van der Waals surface area contributed by atoms with E-state index in [-0.39, 0.29) is 0 Å². The zero-order valence-electron chi connectivity index (χ0n) is 11.0. The van der Waals surface area contributed by atoms with Crippen molar-refractivity contribution >= 4 is 0 Å². The van der Waals surface area contributed by atoms with Crippen molar-refractivity contribution in [1.82, 2.24) is 5.32 Å². The van der Waals surface area contributed by atoms with Gasteiger partial charge in [-0.15, -0.1) is 0 Å². The summed E-state index contributed by atoms with van der Waals surface area (Å²) in [5, 5.41) is 3.55. The zero-order valence-corrected chi connectivity index (χ0v) is 11.0. The van der Waals surface area contributed by atoms with Crippen molar-refractivity contribution in [2.24, 2.45) is 0 Å². The van der Waals surface area contributed by atoms with E-state index in [0.29, 0.717) is 6.04 Å². The van der Waals surface area contributed by atoms with Crippen LogP contribution in [0.1, 0.15) is 36.8 Å². The first kappa shape index (κ1) is 12.4. The van der Waals surface area contributed by atoms with Gasteiger partial charge in [0.05, 0.1) is 6.61 Å². The zero-order chi connectivity index (χ0) is 12.1. The van der Waals surface area contributed by atoms with E-state index >= 15 is 0 Å². The van der Waals surface area contributed by atoms with Crippen molar-refractivity contribution < 1.29 is 4.74 Å². The first-order valence-corrected chi connectivity index (χ1v) is 6.68. The Hall–Kier alpha value is -1.02. The Kier molecular flexibility index (Phi) is 4.43. The van der Waals surface area contributed by atoms with E-state index in [9.17, 15) is 0 Å². The number of nitrogens with one attached hydrogen (secondary N) is 1. The highest BCUT2D eigenvalue weighted by Gasteiger charge is 2.11. The third-order valence-electron chi connectivity index (χ3n) is 3.34. The second-order valence-corrected chi connectivity index (χ2v) is 5.11. The van der Waals surface area contributed by atoms with Crippen LogP contribution >= 0.6 is 0 Å². The van der Waals surface area contributed by atoms with Gasteiger partial charge in [-0.1, -0.05) is 12.5 Å². The molecule has 0 aromatic heterocycles. The highest BCUT2D eigenvalue weighted by atomic mass is 16.5. The molecule has 0 saturated carbocycles. The third kappa shape index (κ3) is 4.04. The molecule has 1 heterocycles. The second kappa shape index (κ2) is 6.06. The Labute approximate surface area is 104 Å². The minimum absolute atomic E-state index is 0.662. The Balaban J connectivity index is 1.77. The van der Waals surface area contributed by atoms with E-state index in [1.54, 1.807) is 0 Å². The smallest absolute Gasteiger partial charge is 0.119 e. The average molecular weight is 233 g/mol. The maximum atomic E-state index is 5.83. The van der Waals surface area contributed by atoms with E-state index in [0.717, 1.165) is 18.8 Å². The quantitative estimate of drug-likeness (QED) is 0.862. The summed E-state index contributed by atoms with van der Waals surface area (Å²) in [6, 6.07) is 7.06. The molecule has 1 saturated heterocycles. The fourth-order valence-electron chi connectivity index (χ4n) is 2.51. The molecule has 0 amide bonds. The Morgan fingerprint density at radius 2 is 1.94 bits per heavy atom. The van der Waals surface area contributed by atoms with Gasteiger partial charge in [-0.3, -0.25) is 0 Å². The predicted octanol–water partition coefficient (Wildman–Crippen LogP) is 3.21. The van der Waals surface area contributed by atoms with Gasteiger partial charge in [0.25, 0.3) is 0 Å². The van der Waals surface area contributed by atoms with Gasteiger partial charge >= 0.3 is 0 Å². The molecule has 94 valence electrons. The molecule has 1 aromatic rings. The number of aryl methyl sites for hydroxylation is 2. The predicted molar refractivity (Wildman–Crippen MR) is 71.7 cm³/mol. The fraction of sp³-hybridized carbons (Fsp3) is 0.600. The van der Waals surface area contributed by atoms with Gasteiger partial charge in [0.1, 0.15) is 5.75 Å². The molecule has 1 N–H and O–H groups in total. The van der Waals surface area contributed by atoms with Crippen molar-refractivity contribution in [2.75, 3.05) is 13.2 Å². The number of hydrogen-bond acceptors (Lipinski definition) is 2. The minimum atomic E-state index is 0.662. The number of hydrogen-bond donors (Lipinski definition) is 1. The molecule has 0 bridgehead atoms. The molecule has 2 rings (SSSR count). The highest BCUT2D eigenvalue weighted by Crippen LogP contribution is 2.17. The van der Waals surface area contributed by atoms with Crippen LogP contribution in [0.2, 0.25) is 0 Å². The Bertz CT molecular complexity index is 336. The number of benzene rings is 1. The number of ether oxygens (including phenoxy) is 1. The minimum Gasteiger partial charge on any atom is -0.494 e. The van der Waals surface area contributed by atoms with E-state index in [1.807, 2.05) is 0 Å². The SMILES string of the molecule is Cc1cc(C)cc(OCC[C@@H]2CCCCN2)c1. The lowest BCUT2D eigenvalue weighted by molar-refractivity contribution is 0.268. The summed E-state index contributed by atoms with van der Waals surface area (Å²) in [6.45, 7) is 6.22. The van der Waals surface area contributed by atoms with Crippen LogP contribution in [-0.2, 0) is 0 Å². The third-order valence-corrected chi connectivity index (χ3v) is 3.34.